The van der Waals surface area contributed by atoms with E-state index in [0.29, 0.717) is 23.5 Å². The van der Waals surface area contributed by atoms with E-state index < -0.39 is 9.84 Å². The fourth-order valence-electron chi connectivity index (χ4n) is 5.84. The highest BCUT2D eigenvalue weighted by Crippen LogP contribution is 2.51. The molecule has 2 heterocycles. The second kappa shape index (κ2) is 7.99. The summed E-state index contributed by atoms with van der Waals surface area (Å²) in [6.07, 6.45) is 4.97. The molecule has 0 unspecified atom stereocenters. The molecule has 1 amide bonds. The standard InChI is InChI=1S/C22H28N2O5S2/c1-28-18-6-4-14(9-19(18)29-2)10-21(25)23-22-24(16-8-13-3-5-15(16)7-13)17-11-31(26,27)12-20(17)30-22/h4,6,9,13,15-17,20H,3,5,7-8,10-12H2,1-2H3/t13-,15-,16-,17-,20+/m1/s1. The summed E-state index contributed by atoms with van der Waals surface area (Å²) in [4.78, 5) is 19.6. The van der Waals surface area contributed by atoms with Gasteiger partial charge in [-0.3, -0.25) is 4.79 Å². The van der Waals surface area contributed by atoms with Gasteiger partial charge in [-0.15, -0.1) is 0 Å². The van der Waals surface area contributed by atoms with Crippen molar-refractivity contribution in [2.45, 2.75) is 49.4 Å². The van der Waals surface area contributed by atoms with Crippen molar-refractivity contribution in [3.05, 3.63) is 23.8 Å². The quantitative estimate of drug-likeness (QED) is 0.662. The van der Waals surface area contributed by atoms with E-state index >= 15 is 0 Å². The number of methoxy groups -OCH3 is 2. The van der Waals surface area contributed by atoms with Crippen molar-refractivity contribution in [1.82, 2.24) is 4.90 Å². The Morgan fingerprint density at radius 1 is 1.13 bits per heavy atom. The van der Waals surface area contributed by atoms with Gasteiger partial charge in [0.05, 0.1) is 38.2 Å². The average Bonchev–Trinajstić information content (AvgIpc) is 3.47. The Labute approximate surface area is 187 Å². The van der Waals surface area contributed by atoms with E-state index in [1.807, 2.05) is 6.07 Å². The maximum Gasteiger partial charge on any atom is 0.252 e. The number of nitrogens with zero attached hydrogens (tertiary/aromatic N) is 2. The Bertz CT molecular complexity index is 1020. The molecule has 0 aromatic heterocycles. The number of ether oxygens (including phenoxy) is 2. The van der Waals surface area contributed by atoms with Gasteiger partial charge in [-0.2, -0.15) is 4.99 Å². The van der Waals surface area contributed by atoms with Gasteiger partial charge >= 0.3 is 0 Å². The summed E-state index contributed by atoms with van der Waals surface area (Å²) < 4.78 is 35.2. The molecule has 1 aromatic rings. The first-order valence-corrected chi connectivity index (χ1v) is 13.5. The lowest BCUT2D eigenvalue weighted by molar-refractivity contribution is -0.117. The minimum Gasteiger partial charge on any atom is -0.493 e. The number of carbonyl (C=O) groups is 1. The molecule has 5 atom stereocenters. The summed E-state index contributed by atoms with van der Waals surface area (Å²) in [5.41, 5.74) is 0.809. The number of hydrogen-bond acceptors (Lipinski definition) is 6. The number of sulfone groups is 1. The van der Waals surface area contributed by atoms with Crippen LogP contribution in [0.3, 0.4) is 0 Å². The molecule has 5 rings (SSSR count). The summed E-state index contributed by atoms with van der Waals surface area (Å²) in [6, 6.07) is 5.70. The second-order valence-electron chi connectivity index (χ2n) is 9.10. The zero-order valence-electron chi connectivity index (χ0n) is 17.8. The van der Waals surface area contributed by atoms with Crippen LogP contribution in [-0.2, 0) is 21.1 Å². The van der Waals surface area contributed by atoms with E-state index in [4.69, 9.17) is 9.47 Å². The zero-order chi connectivity index (χ0) is 21.8. The normalized spacial score (nSPS) is 34.3. The van der Waals surface area contributed by atoms with Gasteiger partial charge in [-0.05, 0) is 48.8 Å². The van der Waals surface area contributed by atoms with Crippen molar-refractivity contribution in [1.29, 1.82) is 0 Å². The van der Waals surface area contributed by atoms with Gasteiger partial charge in [-0.25, -0.2) is 8.42 Å². The van der Waals surface area contributed by atoms with Gasteiger partial charge in [0.25, 0.3) is 5.91 Å². The molecule has 1 aromatic carbocycles. The molecule has 9 heteroatoms. The number of rotatable bonds is 5. The lowest BCUT2D eigenvalue weighted by Crippen LogP contribution is -2.47. The van der Waals surface area contributed by atoms with Gasteiger partial charge in [0, 0.05) is 11.3 Å². The van der Waals surface area contributed by atoms with Gasteiger partial charge in [-0.1, -0.05) is 24.2 Å². The van der Waals surface area contributed by atoms with Crippen molar-refractivity contribution in [2.24, 2.45) is 16.8 Å². The number of fused-ring (bicyclic) bond motifs is 3. The summed E-state index contributed by atoms with van der Waals surface area (Å²) in [7, 11) is 0.121. The third-order valence-corrected chi connectivity index (χ3v) is 10.4. The van der Waals surface area contributed by atoms with E-state index in [1.165, 1.54) is 31.0 Å². The molecule has 0 radical (unpaired) electrons. The Kier molecular flexibility index (Phi) is 5.45. The summed E-state index contributed by atoms with van der Waals surface area (Å²) in [5, 5.41) is 0.713. The molecule has 2 saturated carbocycles. The fourth-order valence-corrected chi connectivity index (χ4v) is 9.83. The van der Waals surface area contributed by atoms with Crippen LogP contribution in [0.15, 0.2) is 23.2 Å². The SMILES string of the molecule is COc1ccc(CC(=O)N=C2S[C@H]3CS(=O)(=O)C[C@H]3N2[C@@H]2C[C@@H]3CC[C@@H]2C3)cc1OC. The molecular weight excluding hydrogens is 436 g/mol. The Balaban J connectivity index is 1.38. The second-order valence-corrected chi connectivity index (χ2v) is 12.5. The molecule has 7 nitrogen and oxygen atoms in total. The molecule has 2 aliphatic carbocycles. The number of thioether (sulfide) groups is 1. The van der Waals surface area contributed by atoms with E-state index in [9.17, 15) is 13.2 Å². The molecular formula is C22H28N2O5S2. The minimum absolute atomic E-state index is 0.0169. The minimum atomic E-state index is -3.02. The molecule has 2 aliphatic heterocycles. The maximum absolute atomic E-state index is 12.9. The van der Waals surface area contributed by atoms with Crippen LogP contribution in [0.4, 0.5) is 0 Å². The van der Waals surface area contributed by atoms with Crippen LogP contribution in [0, 0.1) is 11.8 Å². The van der Waals surface area contributed by atoms with E-state index in [0.717, 1.165) is 23.1 Å². The first-order valence-electron chi connectivity index (χ1n) is 10.8. The first kappa shape index (κ1) is 21.1. The van der Waals surface area contributed by atoms with E-state index in [-0.39, 0.29) is 35.1 Å². The predicted octanol–water partition coefficient (Wildman–Crippen LogP) is 2.53. The molecule has 0 spiro atoms. The first-order chi connectivity index (χ1) is 14.9. The van der Waals surface area contributed by atoms with Gasteiger partial charge < -0.3 is 14.4 Å². The van der Waals surface area contributed by atoms with Crippen LogP contribution in [0.5, 0.6) is 11.5 Å². The van der Waals surface area contributed by atoms with Crippen LogP contribution >= 0.6 is 11.8 Å². The van der Waals surface area contributed by atoms with Gasteiger partial charge in [0.1, 0.15) is 0 Å². The van der Waals surface area contributed by atoms with E-state index in [1.54, 1.807) is 26.4 Å². The molecule has 31 heavy (non-hydrogen) atoms. The van der Waals surface area contributed by atoms with Crippen LogP contribution in [-0.4, -0.2) is 67.5 Å². The largest absolute Gasteiger partial charge is 0.493 e. The molecule has 4 aliphatic rings. The van der Waals surface area contributed by atoms with Gasteiger partial charge in [0.2, 0.25) is 0 Å². The number of amidine groups is 1. The van der Waals surface area contributed by atoms with Crippen molar-refractivity contribution < 1.29 is 22.7 Å². The van der Waals surface area contributed by atoms with Crippen molar-refractivity contribution >= 4 is 32.7 Å². The number of hydrogen-bond donors (Lipinski definition) is 0. The molecule has 2 bridgehead atoms. The molecule has 4 fully saturated rings. The third-order valence-electron chi connectivity index (χ3n) is 7.19. The smallest absolute Gasteiger partial charge is 0.252 e. The molecule has 2 saturated heterocycles. The molecule has 168 valence electrons. The Morgan fingerprint density at radius 2 is 1.94 bits per heavy atom. The van der Waals surface area contributed by atoms with Crippen molar-refractivity contribution in [3.8, 4) is 11.5 Å². The Hall–Kier alpha value is -1.74. The highest BCUT2D eigenvalue weighted by molar-refractivity contribution is 8.15. The number of aliphatic imine (C=N–C) groups is 1. The van der Waals surface area contributed by atoms with Gasteiger partial charge in [0.15, 0.2) is 26.5 Å². The van der Waals surface area contributed by atoms with Crippen LogP contribution in [0.25, 0.3) is 0 Å². The highest BCUT2D eigenvalue weighted by Gasteiger charge is 2.54. The number of benzene rings is 1. The third kappa shape index (κ3) is 3.95. The van der Waals surface area contributed by atoms with Crippen molar-refractivity contribution in [3.63, 3.8) is 0 Å². The van der Waals surface area contributed by atoms with Crippen molar-refractivity contribution in [2.75, 3.05) is 25.7 Å². The summed E-state index contributed by atoms with van der Waals surface area (Å²) in [6.45, 7) is 0. The average molecular weight is 465 g/mol. The summed E-state index contributed by atoms with van der Waals surface area (Å²) in [5.74, 6) is 2.68. The van der Waals surface area contributed by atoms with Crippen LogP contribution in [0.2, 0.25) is 0 Å². The summed E-state index contributed by atoms with van der Waals surface area (Å²) >= 11 is 1.49. The van der Waals surface area contributed by atoms with Crippen LogP contribution in [0.1, 0.15) is 31.2 Å². The number of amides is 1. The lowest BCUT2D eigenvalue weighted by Gasteiger charge is -2.36. The fraction of sp³-hybridized carbons (Fsp3) is 0.636. The topological polar surface area (TPSA) is 85.3 Å². The highest BCUT2D eigenvalue weighted by atomic mass is 32.2. The predicted molar refractivity (Wildman–Crippen MR) is 121 cm³/mol. The van der Waals surface area contributed by atoms with E-state index in [2.05, 4.69) is 9.89 Å². The lowest BCUT2D eigenvalue weighted by atomic mass is 9.93. The van der Waals surface area contributed by atoms with Crippen LogP contribution < -0.4 is 9.47 Å². The monoisotopic (exact) mass is 464 g/mol. The number of carbonyl (C=O) groups excluding carboxylic acids is 1. The maximum atomic E-state index is 12.9. The molecule has 0 N–H and O–H groups in total. The zero-order valence-corrected chi connectivity index (χ0v) is 19.5. The Morgan fingerprint density at radius 3 is 2.61 bits per heavy atom.